The lowest BCUT2D eigenvalue weighted by molar-refractivity contribution is -0.384. The van der Waals surface area contributed by atoms with Crippen LogP contribution in [0.15, 0.2) is 30.0 Å². The fourth-order valence-electron chi connectivity index (χ4n) is 1.55. The molecule has 0 heterocycles. The lowest BCUT2D eigenvalue weighted by atomic mass is 10.2. The first-order valence-corrected chi connectivity index (χ1v) is 5.91. The molecule has 9 heteroatoms. The summed E-state index contributed by atoms with van der Waals surface area (Å²) in [5, 5.41) is 13.6. The molecule has 22 heavy (non-hydrogen) atoms. The van der Waals surface area contributed by atoms with Gasteiger partial charge in [-0.15, -0.1) is 0 Å². The quantitative estimate of drug-likeness (QED) is 0.361. The Morgan fingerprint density at radius 3 is 2.41 bits per heavy atom. The third-order valence-corrected chi connectivity index (χ3v) is 2.54. The van der Waals surface area contributed by atoms with Gasteiger partial charge in [0.2, 0.25) is 0 Å². The number of benzene rings is 1. The fourth-order valence-corrected chi connectivity index (χ4v) is 1.55. The van der Waals surface area contributed by atoms with Gasteiger partial charge in [0.1, 0.15) is 11.4 Å². The Labute approximate surface area is 125 Å². The van der Waals surface area contributed by atoms with Gasteiger partial charge in [0.25, 0.3) is 0 Å². The number of carbonyl (C=O) groups excluding carboxylic acids is 2. The Bertz CT molecular complexity index is 625. The third kappa shape index (κ3) is 3.95. The number of para-hydroxylation sites is 1. The second-order valence-electron chi connectivity index (χ2n) is 3.81. The van der Waals surface area contributed by atoms with E-state index in [1.54, 1.807) is 0 Å². The summed E-state index contributed by atoms with van der Waals surface area (Å²) in [5.41, 5.74) is -0.736. The molecule has 0 atom stereocenters. The van der Waals surface area contributed by atoms with Crippen LogP contribution in [-0.2, 0) is 19.1 Å². The average molecular weight is 310 g/mol. The molecule has 0 spiro atoms. The van der Waals surface area contributed by atoms with Crippen LogP contribution in [0.25, 0.3) is 0 Å². The summed E-state index contributed by atoms with van der Waals surface area (Å²) < 4.78 is 13.8. The summed E-state index contributed by atoms with van der Waals surface area (Å²) in [6.45, 7) is 0. The number of nitrogens with one attached hydrogen (secondary N) is 1. The maximum Gasteiger partial charge on any atom is 0.354 e. The molecule has 9 nitrogen and oxygen atoms in total. The van der Waals surface area contributed by atoms with Crippen molar-refractivity contribution in [2.24, 2.45) is 0 Å². The van der Waals surface area contributed by atoms with Gasteiger partial charge in [-0.25, -0.2) is 9.59 Å². The van der Waals surface area contributed by atoms with Crippen molar-refractivity contribution >= 4 is 23.3 Å². The van der Waals surface area contributed by atoms with Crippen LogP contribution in [0, 0.1) is 10.1 Å². The van der Waals surface area contributed by atoms with E-state index in [1.165, 1.54) is 25.3 Å². The molecule has 0 aliphatic heterocycles. The first kappa shape index (κ1) is 17.0. The largest absolute Gasteiger partial charge is 0.490 e. The summed E-state index contributed by atoms with van der Waals surface area (Å²) in [5.74, 6) is -1.71. The summed E-state index contributed by atoms with van der Waals surface area (Å²) >= 11 is 0. The Morgan fingerprint density at radius 2 is 1.91 bits per heavy atom. The standard InChI is InChI=1S/C13H14N2O7/c1-20-10-6-4-5-8(12(10)15(18)19)14-9(13(17)22-3)7-11(16)21-2/h4-7,14H,1-3H3/b9-7+. The van der Waals surface area contributed by atoms with E-state index < -0.39 is 16.9 Å². The Hall–Kier alpha value is -3.10. The van der Waals surface area contributed by atoms with Crippen molar-refractivity contribution in [1.29, 1.82) is 0 Å². The van der Waals surface area contributed by atoms with Crippen molar-refractivity contribution in [1.82, 2.24) is 0 Å². The highest BCUT2D eigenvalue weighted by atomic mass is 16.6. The number of hydrogen-bond acceptors (Lipinski definition) is 8. The topological polar surface area (TPSA) is 117 Å². The van der Waals surface area contributed by atoms with Crippen LogP contribution in [0.1, 0.15) is 0 Å². The summed E-state index contributed by atoms with van der Waals surface area (Å²) in [7, 11) is 3.51. The van der Waals surface area contributed by atoms with E-state index in [0.717, 1.165) is 20.3 Å². The number of ether oxygens (including phenoxy) is 3. The first-order valence-electron chi connectivity index (χ1n) is 5.91. The van der Waals surface area contributed by atoms with E-state index in [1.807, 2.05) is 0 Å². The van der Waals surface area contributed by atoms with Crippen molar-refractivity contribution in [3.05, 3.63) is 40.1 Å². The third-order valence-electron chi connectivity index (χ3n) is 2.54. The minimum atomic E-state index is -0.887. The molecule has 0 amide bonds. The zero-order valence-corrected chi connectivity index (χ0v) is 12.1. The van der Waals surface area contributed by atoms with Crippen molar-refractivity contribution in [2.45, 2.75) is 0 Å². The SMILES string of the molecule is COC(=O)/C=C(/Nc1cccc(OC)c1[N+](=O)[O-])C(=O)OC. The number of nitro benzene ring substituents is 1. The van der Waals surface area contributed by atoms with Gasteiger partial charge in [0, 0.05) is 0 Å². The highest BCUT2D eigenvalue weighted by Crippen LogP contribution is 2.35. The highest BCUT2D eigenvalue weighted by molar-refractivity contribution is 5.99. The second-order valence-corrected chi connectivity index (χ2v) is 3.81. The van der Waals surface area contributed by atoms with Gasteiger partial charge in [-0.1, -0.05) is 6.07 Å². The van der Waals surface area contributed by atoms with Gasteiger partial charge in [0.15, 0.2) is 5.75 Å². The lowest BCUT2D eigenvalue weighted by Gasteiger charge is -2.11. The zero-order chi connectivity index (χ0) is 16.7. The molecule has 1 aromatic carbocycles. The van der Waals surface area contributed by atoms with Crippen LogP contribution >= 0.6 is 0 Å². The van der Waals surface area contributed by atoms with E-state index in [4.69, 9.17) is 4.74 Å². The normalized spacial score (nSPS) is 10.6. The number of methoxy groups -OCH3 is 3. The Balaban J connectivity index is 3.30. The highest BCUT2D eigenvalue weighted by Gasteiger charge is 2.23. The monoisotopic (exact) mass is 310 g/mol. The number of nitrogens with zero attached hydrogens (tertiary/aromatic N) is 1. The molecule has 0 aliphatic rings. The molecule has 0 aliphatic carbocycles. The summed E-state index contributed by atoms with van der Waals surface area (Å²) in [6.07, 6.45) is 0.828. The lowest BCUT2D eigenvalue weighted by Crippen LogP contribution is -2.16. The fraction of sp³-hybridized carbons (Fsp3) is 0.231. The Kier molecular flexibility index (Phi) is 5.87. The van der Waals surface area contributed by atoms with Gasteiger partial charge < -0.3 is 19.5 Å². The van der Waals surface area contributed by atoms with Crippen LogP contribution in [0.5, 0.6) is 5.75 Å². The van der Waals surface area contributed by atoms with Crippen molar-refractivity contribution < 1.29 is 28.7 Å². The number of anilines is 1. The number of carbonyl (C=O) groups is 2. The molecule has 0 fully saturated rings. The molecule has 0 unspecified atom stereocenters. The van der Waals surface area contributed by atoms with Crippen molar-refractivity contribution in [3.8, 4) is 5.75 Å². The summed E-state index contributed by atoms with van der Waals surface area (Å²) in [4.78, 5) is 33.4. The van der Waals surface area contributed by atoms with Gasteiger partial charge in [-0.3, -0.25) is 10.1 Å². The van der Waals surface area contributed by atoms with Gasteiger partial charge in [0.05, 0.1) is 32.3 Å². The molecule has 0 saturated carbocycles. The molecular formula is C13H14N2O7. The molecular weight excluding hydrogens is 296 g/mol. The second kappa shape index (κ2) is 7.62. The maximum atomic E-state index is 11.6. The van der Waals surface area contributed by atoms with Crippen LogP contribution in [-0.4, -0.2) is 38.2 Å². The predicted octanol–water partition coefficient (Wildman–Crippen LogP) is 1.25. The van der Waals surface area contributed by atoms with Crippen molar-refractivity contribution in [3.63, 3.8) is 0 Å². The predicted molar refractivity (Wildman–Crippen MR) is 75.4 cm³/mol. The van der Waals surface area contributed by atoms with Gasteiger partial charge in [-0.05, 0) is 12.1 Å². The van der Waals surface area contributed by atoms with E-state index in [-0.39, 0.29) is 22.8 Å². The van der Waals surface area contributed by atoms with Crippen LogP contribution in [0.4, 0.5) is 11.4 Å². The number of rotatable bonds is 6. The molecule has 0 radical (unpaired) electrons. The molecule has 1 N–H and O–H groups in total. The van der Waals surface area contributed by atoms with Crippen LogP contribution < -0.4 is 10.1 Å². The maximum absolute atomic E-state index is 11.6. The molecule has 1 aromatic rings. The zero-order valence-electron chi connectivity index (χ0n) is 12.1. The molecule has 0 bridgehead atoms. The first-order chi connectivity index (χ1) is 10.4. The number of nitro groups is 1. The average Bonchev–Trinajstić information content (AvgIpc) is 2.52. The smallest absolute Gasteiger partial charge is 0.354 e. The van der Waals surface area contributed by atoms with Gasteiger partial charge >= 0.3 is 17.6 Å². The molecule has 1 rings (SSSR count). The van der Waals surface area contributed by atoms with Crippen LogP contribution in [0.3, 0.4) is 0 Å². The molecule has 118 valence electrons. The van der Waals surface area contributed by atoms with E-state index in [0.29, 0.717) is 0 Å². The minimum Gasteiger partial charge on any atom is -0.490 e. The number of esters is 2. The summed E-state index contributed by atoms with van der Waals surface area (Å²) in [6, 6.07) is 4.24. The van der Waals surface area contributed by atoms with E-state index >= 15 is 0 Å². The Morgan fingerprint density at radius 1 is 1.23 bits per heavy atom. The number of hydrogen-bond donors (Lipinski definition) is 1. The van der Waals surface area contributed by atoms with Crippen molar-refractivity contribution in [2.75, 3.05) is 26.6 Å². The van der Waals surface area contributed by atoms with E-state index in [9.17, 15) is 19.7 Å². The minimum absolute atomic E-state index is 0.00251. The molecule has 0 saturated heterocycles. The van der Waals surface area contributed by atoms with Crippen LogP contribution in [0.2, 0.25) is 0 Å². The van der Waals surface area contributed by atoms with E-state index in [2.05, 4.69) is 14.8 Å². The van der Waals surface area contributed by atoms with Gasteiger partial charge in [-0.2, -0.15) is 0 Å². The molecule has 0 aromatic heterocycles.